The third-order valence-corrected chi connectivity index (χ3v) is 3.03. The Labute approximate surface area is 124 Å². The van der Waals surface area contributed by atoms with Crippen molar-refractivity contribution in [3.63, 3.8) is 0 Å². The average Bonchev–Trinajstić information content (AvgIpc) is 2.50. The number of aromatic hydroxyl groups is 1. The highest BCUT2D eigenvalue weighted by Gasteiger charge is 2.13. The van der Waals surface area contributed by atoms with Crippen molar-refractivity contribution in [2.45, 2.75) is 25.7 Å². The van der Waals surface area contributed by atoms with Crippen LogP contribution in [0, 0.1) is 0 Å². The molecule has 0 aliphatic carbocycles. The van der Waals surface area contributed by atoms with E-state index in [9.17, 15) is 14.7 Å². The van der Waals surface area contributed by atoms with Gasteiger partial charge in [-0.25, -0.2) is 0 Å². The number of unbranched alkanes of at least 4 members (excludes halogenated alkanes) is 2. The van der Waals surface area contributed by atoms with E-state index in [1.807, 2.05) is 0 Å². The first-order chi connectivity index (χ1) is 10.1. The summed E-state index contributed by atoms with van der Waals surface area (Å²) in [5, 5.41) is 12.6. The Bertz CT molecular complexity index is 487. The first-order valence-electron chi connectivity index (χ1n) is 6.81. The van der Waals surface area contributed by atoms with Crippen LogP contribution in [0.5, 0.6) is 11.5 Å². The molecular formula is C15H21NO5. The Morgan fingerprint density at radius 3 is 2.62 bits per heavy atom. The van der Waals surface area contributed by atoms with E-state index in [0.717, 1.165) is 19.3 Å². The van der Waals surface area contributed by atoms with Crippen LogP contribution in [0.4, 0.5) is 0 Å². The van der Waals surface area contributed by atoms with Gasteiger partial charge in [0.25, 0.3) is 5.91 Å². The number of benzene rings is 1. The maximum Gasteiger partial charge on any atom is 0.305 e. The summed E-state index contributed by atoms with van der Waals surface area (Å²) in [7, 11) is 2.79. The fraction of sp³-hybridized carbons (Fsp3) is 0.467. The van der Waals surface area contributed by atoms with E-state index < -0.39 is 0 Å². The lowest BCUT2D eigenvalue weighted by atomic mass is 10.1. The van der Waals surface area contributed by atoms with E-state index >= 15 is 0 Å². The Morgan fingerprint density at radius 1 is 1.19 bits per heavy atom. The largest absolute Gasteiger partial charge is 0.504 e. The lowest BCUT2D eigenvalue weighted by Crippen LogP contribution is -2.24. The van der Waals surface area contributed by atoms with Gasteiger partial charge in [0, 0.05) is 13.0 Å². The molecule has 0 aromatic heterocycles. The van der Waals surface area contributed by atoms with E-state index in [0.29, 0.717) is 13.0 Å². The van der Waals surface area contributed by atoms with Crippen LogP contribution in [0.2, 0.25) is 0 Å². The van der Waals surface area contributed by atoms with Crippen LogP contribution in [-0.2, 0) is 9.53 Å². The summed E-state index contributed by atoms with van der Waals surface area (Å²) in [4.78, 5) is 22.8. The molecule has 1 aromatic rings. The maximum atomic E-state index is 11.9. The molecule has 0 saturated carbocycles. The lowest BCUT2D eigenvalue weighted by molar-refractivity contribution is -0.140. The topological polar surface area (TPSA) is 84.9 Å². The predicted molar refractivity (Wildman–Crippen MR) is 77.5 cm³/mol. The molecule has 0 radical (unpaired) electrons. The first kappa shape index (κ1) is 16.8. The minimum Gasteiger partial charge on any atom is -0.504 e. The van der Waals surface area contributed by atoms with Crippen LogP contribution >= 0.6 is 0 Å². The first-order valence-corrected chi connectivity index (χ1v) is 6.81. The van der Waals surface area contributed by atoms with Crippen molar-refractivity contribution in [1.29, 1.82) is 0 Å². The smallest absolute Gasteiger partial charge is 0.305 e. The SMILES string of the molecule is COC(=O)CCCCCNC(=O)c1cccc(OC)c1O. The van der Waals surface area contributed by atoms with Gasteiger partial charge in [0.2, 0.25) is 0 Å². The van der Waals surface area contributed by atoms with Crippen LogP contribution in [-0.4, -0.2) is 37.7 Å². The number of amides is 1. The summed E-state index contributed by atoms with van der Waals surface area (Å²) in [6.07, 6.45) is 2.70. The number of esters is 1. The third kappa shape index (κ3) is 5.33. The summed E-state index contributed by atoms with van der Waals surface area (Å²) in [5.41, 5.74) is 0.184. The van der Waals surface area contributed by atoms with Crippen molar-refractivity contribution in [2.24, 2.45) is 0 Å². The molecule has 6 heteroatoms. The average molecular weight is 295 g/mol. The van der Waals surface area contributed by atoms with Gasteiger partial charge < -0.3 is 19.9 Å². The van der Waals surface area contributed by atoms with Gasteiger partial charge in [0.1, 0.15) is 0 Å². The standard InChI is InChI=1S/C15H21NO5/c1-20-12-8-6-7-11(14(12)18)15(19)16-10-5-3-4-9-13(17)21-2/h6-8,18H,3-5,9-10H2,1-2H3,(H,16,19). The monoisotopic (exact) mass is 295 g/mol. The summed E-state index contributed by atoms with van der Waals surface area (Å²) < 4.78 is 9.49. The molecule has 0 heterocycles. The van der Waals surface area contributed by atoms with E-state index in [1.165, 1.54) is 20.3 Å². The number of ether oxygens (including phenoxy) is 2. The molecule has 1 aromatic carbocycles. The molecule has 1 amide bonds. The zero-order valence-corrected chi connectivity index (χ0v) is 12.3. The van der Waals surface area contributed by atoms with Gasteiger partial charge in [0.05, 0.1) is 19.8 Å². The highest BCUT2D eigenvalue weighted by atomic mass is 16.5. The van der Waals surface area contributed by atoms with Crippen molar-refractivity contribution >= 4 is 11.9 Å². The van der Waals surface area contributed by atoms with Crippen LogP contribution in [0.3, 0.4) is 0 Å². The molecule has 2 N–H and O–H groups in total. The van der Waals surface area contributed by atoms with Crippen molar-refractivity contribution in [3.05, 3.63) is 23.8 Å². The number of hydrogen-bond acceptors (Lipinski definition) is 5. The van der Waals surface area contributed by atoms with E-state index in [-0.39, 0.29) is 28.9 Å². The van der Waals surface area contributed by atoms with Gasteiger partial charge in [-0.1, -0.05) is 12.5 Å². The Kier molecular flexibility index (Phi) is 7.08. The Balaban J connectivity index is 2.33. The molecule has 0 aliphatic rings. The summed E-state index contributed by atoms with van der Waals surface area (Å²) in [5.74, 6) is -0.469. The quantitative estimate of drug-likeness (QED) is 0.565. The Morgan fingerprint density at radius 2 is 1.95 bits per heavy atom. The second-order valence-electron chi connectivity index (χ2n) is 4.50. The molecule has 0 spiro atoms. The highest BCUT2D eigenvalue weighted by molar-refractivity contribution is 5.97. The Hall–Kier alpha value is -2.24. The minimum absolute atomic E-state index is 0.164. The van der Waals surface area contributed by atoms with Crippen LogP contribution in [0.15, 0.2) is 18.2 Å². The number of phenols is 1. The van der Waals surface area contributed by atoms with Crippen LogP contribution in [0.25, 0.3) is 0 Å². The van der Waals surface area contributed by atoms with Gasteiger partial charge >= 0.3 is 5.97 Å². The van der Waals surface area contributed by atoms with Crippen molar-refractivity contribution in [1.82, 2.24) is 5.32 Å². The molecule has 1 rings (SSSR count). The van der Waals surface area contributed by atoms with Gasteiger partial charge in [-0.05, 0) is 25.0 Å². The van der Waals surface area contributed by atoms with Crippen LogP contribution in [0.1, 0.15) is 36.0 Å². The summed E-state index contributed by atoms with van der Waals surface area (Å²) in [6, 6.07) is 4.76. The molecule has 6 nitrogen and oxygen atoms in total. The molecule has 0 atom stereocenters. The number of phenolic OH excluding ortho intramolecular Hbond substituents is 1. The third-order valence-electron chi connectivity index (χ3n) is 3.03. The predicted octanol–water partition coefficient (Wildman–Crippen LogP) is 1.86. The lowest BCUT2D eigenvalue weighted by Gasteiger charge is -2.09. The molecular weight excluding hydrogens is 274 g/mol. The van der Waals surface area contributed by atoms with E-state index in [2.05, 4.69) is 10.1 Å². The zero-order valence-electron chi connectivity index (χ0n) is 12.3. The number of methoxy groups -OCH3 is 2. The molecule has 0 fully saturated rings. The van der Waals surface area contributed by atoms with Crippen molar-refractivity contribution in [3.8, 4) is 11.5 Å². The summed E-state index contributed by atoms with van der Waals surface area (Å²) in [6.45, 7) is 0.483. The molecule has 21 heavy (non-hydrogen) atoms. The fourth-order valence-electron chi connectivity index (χ4n) is 1.84. The number of hydrogen-bond donors (Lipinski definition) is 2. The number of para-hydroxylation sites is 1. The van der Waals surface area contributed by atoms with Crippen LogP contribution < -0.4 is 10.1 Å². The van der Waals surface area contributed by atoms with Crippen molar-refractivity contribution in [2.75, 3.05) is 20.8 Å². The second-order valence-corrected chi connectivity index (χ2v) is 4.50. The van der Waals surface area contributed by atoms with E-state index in [1.54, 1.807) is 12.1 Å². The normalized spacial score (nSPS) is 10.0. The van der Waals surface area contributed by atoms with Gasteiger partial charge in [-0.15, -0.1) is 0 Å². The van der Waals surface area contributed by atoms with Crippen molar-refractivity contribution < 1.29 is 24.2 Å². The summed E-state index contributed by atoms with van der Waals surface area (Å²) >= 11 is 0. The van der Waals surface area contributed by atoms with Gasteiger partial charge in [-0.3, -0.25) is 9.59 Å². The zero-order chi connectivity index (χ0) is 15.7. The molecule has 0 unspecified atom stereocenters. The molecule has 116 valence electrons. The van der Waals surface area contributed by atoms with E-state index in [4.69, 9.17) is 4.74 Å². The van der Waals surface area contributed by atoms with Gasteiger partial charge in [-0.2, -0.15) is 0 Å². The van der Waals surface area contributed by atoms with Gasteiger partial charge in [0.15, 0.2) is 11.5 Å². The molecule has 0 saturated heterocycles. The molecule has 0 aliphatic heterocycles. The highest BCUT2D eigenvalue weighted by Crippen LogP contribution is 2.29. The second kappa shape index (κ2) is 8.84. The fourth-order valence-corrected chi connectivity index (χ4v) is 1.84. The molecule has 0 bridgehead atoms. The number of rotatable bonds is 8. The maximum absolute atomic E-state index is 11.9. The number of nitrogens with one attached hydrogen (secondary N) is 1. The number of carbonyl (C=O) groups is 2. The minimum atomic E-state index is -0.348. The number of carbonyl (C=O) groups excluding carboxylic acids is 2.